The summed E-state index contributed by atoms with van der Waals surface area (Å²) in [6.45, 7) is 2.40. The van der Waals surface area contributed by atoms with Gasteiger partial charge in [0.15, 0.2) is 0 Å². The van der Waals surface area contributed by atoms with Crippen LogP contribution in [0, 0.1) is 0 Å². The summed E-state index contributed by atoms with van der Waals surface area (Å²) in [6, 6.07) is 7.17. The third-order valence-corrected chi connectivity index (χ3v) is 3.36. The molecular weight excluding hydrogens is 258 g/mol. The first-order valence-electron chi connectivity index (χ1n) is 6.68. The van der Waals surface area contributed by atoms with Gasteiger partial charge in [0.25, 0.3) is 0 Å². The molecule has 0 saturated carbocycles. The maximum absolute atomic E-state index is 11.6. The SMILES string of the molecule is CN1CCN(CC(O)COc2ccccc2N)CC1=O. The number of nitrogen functional groups attached to an aromatic ring is 1. The fraction of sp³-hybridized carbons (Fsp3) is 0.500. The van der Waals surface area contributed by atoms with Crippen molar-refractivity contribution in [3.8, 4) is 5.75 Å². The number of carbonyl (C=O) groups excluding carboxylic acids is 1. The molecule has 1 fully saturated rings. The summed E-state index contributed by atoms with van der Waals surface area (Å²) < 4.78 is 5.49. The molecule has 1 aromatic rings. The Bertz CT molecular complexity index is 467. The summed E-state index contributed by atoms with van der Waals surface area (Å²) in [5, 5.41) is 9.97. The van der Waals surface area contributed by atoms with Gasteiger partial charge in [0, 0.05) is 26.7 Å². The highest BCUT2D eigenvalue weighted by atomic mass is 16.5. The minimum atomic E-state index is -0.647. The van der Waals surface area contributed by atoms with Crippen molar-refractivity contribution in [3.05, 3.63) is 24.3 Å². The summed E-state index contributed by atoms with van der Waals surface area (Å²) in [5.74, 6) is 0.651. The van der Waals surface area contributed by atoms with Gasteiger partial charge in [0.05, 0.1) is 12.2 Å². The molecule has 20 heavy (non-hydrogen) atoms. The topological polar surface area (TPSA) is 79.0 Å². The van der Waals surface area contributed by atoms with Crippen molar-refractivity contribution < 1.29 is 14.6 Å². The van der Waals surface area contributed by atoms with Crippen LogP contribution >= 0.6 is 0 Å². The van der Waals surface area contributed by atoms with Gasteiger partial charge in [0.1, 0.15) is 18.5 Å². The Morgan fingerprint density at radius 2 is 2.15 bits per heavy atom. The summed E-state index contributed by atoms with van der Waals surface area (Å²) >= 11 is 0. The standard InChI is InChI=1S/C14H21N3O3/c1-16-6-7-17(9-14(16)19)8-11(18)10-20-13-5-3-2-4-12(13)15/h2-5,11,18H,6-10,15H2,1H3. The molecule has 0 radical (unpaired) electrons. The number of ether oxygens (including phenoxy) is 1. The monoisotopic (exact) mass is 279 g/mol. The molecule has 1 saturated heterocycles. The minimum Gasteiger partial charge on any atom is -0.489 e. The predicted molar refractivity (Wildman–Crippen MR) is 76.4 cm³/mol. The largest absolute Gasteiger partial charge is 0.489 e. The number of likely N-dealkylation sites (N-methyl/N-ethyl adjacent to an activating group) is 1. The summed E-state index contributed by atoms with van der Waals surface area (Å²) in [4.78, 5) is 15.2. The fourth-order valence-electron chi connectivity index (χ4n) is 2.11. The molecule has 6 nitrogen and oxygen atoms in total. The first-order valence-corrected chi connectivity index (χ1v) is 6.68. The molecule has 1 aromatic carbocycles. The normalized spacial score (nSPS) is 18.1. The molecule has 0 aliphatic carbocycles. The van der Waals surface area contributed by atoms with Crippen LogP contribution < -0.4 is 10.5 Å². The Balaban J connectivity index is 1.77. The Hall–Kier alpha value is -1.79. The number of aliphatic hydroxyl groups is 1. The molecule has 1 unspecified atom stereocenters. The van der Waals surface area contributed by atoms with E-state index in [2.05, 4.69) is 0 Å². The fourth-order valence-corrected chi connectivity index (χ4v) is 2.11. The van der Waals surface area contributed by atoms with Crippen molar-refractivity contribution in [2.24, 2.45) is 0 Å². The maximum atomic E-state index is 11.6. The van der Waals surface area contributed by atoms with Crippen LogP contribution in [0.25, 0.3) is 0 Å². The molecule has 1 aliphatic heterocycles. The highest BCUT2D eigenvalue weighted by Crippen LogP contribution is 2.19. The average Bonchev–Trinajstić information content (AvgIpc) is 2.42. The zero-order valence-corrected chi connectivity index (χ0v) is 11.7. The number of anilines is 1. The molecule has 0 aromatic heterocycles. The molecule has 6 heteroatoms. The third-order valence-electron chi connectivity index (χ3n) is 3.36. The van der Waals surface area contributed by atoms with Crippen molar-refractivity contribution in [2.45, 2.75) is 6.10 Å². The first-order chi connectivity index (χ1) is 9.56. The van der Waals surface area contributed by atoms with E-state index < -0.39 is 6.10 Å². The van der Waals surface area contributed by atoms with E-state index in [4.69, 9.17) is 10.5 Å². The molecule has 0 spiro atoms. The average molecular weight is 279 g/mol. The lowest BCUT2D eigenvalue weighted by Gasteiger charge is -2.32. The van der Waals surface area contributed by atoms with Crippen molar-refractivity contribution in [2.75, 3.05) is 45.6 Å². The lowest BCUT2D eigenvalue weighted by Crippen LogP contribution is -2.51. The van der Waals surface area contributed by atoms with Crippen LogP contribution in [-0.4, -0.2) is 66.8 Å². The molecule has 2 rings (SSSR count). The number of hydrogen-bond donors (Lipinski definition) is 2. The zero-order valence-electron chi connectivity index (χ0n) is 11.7. The number of carbonyl (C=O) groups is 1. The van der Waals surface area contributed by atoms with Crippen LogP contribution in [0.1, 0.15) is 0 Å². The van der Waals surface area contributed by atoms with E-state index in [0.717, 1.165) is 6.54 Å². The van der Waals surface area contributed by atoms with Gasteiger partial charge in [-0.05, 0) is 12.1 Å². The number of aliphatic hydroxyl groups excluding tert-OH is 1. The van der Waals surface area contributed by atoms with Crippen LogP contribution in [0.2, 0.25) is 0 Å². The number of nitrogens with zero attached hydrogens (tertiary/aromatic N) is 2. The minimum absolute atomic E-state index is 0.0803. The molecule has 1 amide bonds. The number of piperazine rings is 1. The van der Waals surface area contributed by atoms with E-state index in [1.807, 2.05) is 17.0 Å². The van der Waals surface area contributed by atoms with E-state index in [9.17, 15) is 9.90 Å². The Kier molecular flexibility index (Phi) is 4.81. The van der Waals surface area contributed by atoms with Gasteiger partial charge >= 0.3 is 0 Å². The summed E-state index contributed by atoms with van der Waals surface area (Å²) in [6.07, 6.45) is -0.647. The highest BCUT2D eigenvalue weighted by Gasteiger charge is 2.22. The maximum Gasteiger partial charge on any atom is 0.236 e. The Labute approximate surface area is 118 Å². The van der Waals surface area contributed by atoms with Crippen LogP contribution in [0.15, 0.2) is 24.3 Å². The van der Waals surface area contributed by atoms with Crippen LogP contribution in [0.5, 0.6) is 5.75 Å². The molecule has 1 heterocycles. The number of benzene rings is 1. The Morgan fingerprint density at radius 1 is 1.40 bits per heavy atom. The van der Waals surface area contributed by atoms with Gasteiger partial charge in [-0.1, -0.05) is 12.1 Å². The molecule has 3 N–H and O–H groups in total. The van der Waals surface area contributed by atoms with Gasteiger partial charge < -0.3 is 20.5 Å². The van der Waals surface area contributed by atoms with Gasteiger partial charge in [-0.2, -0.15) is 0 Å². The van der Waals surface area contributed by atoms with E-state index >= 15 is 0 Å². The Morgan fingerprint density at radius 3 is 2.85 bits per heavy atom. The lowest BCUT2D eigenvalue weighted by atomic mass is 10.2. The van der Waals surface area contributed by atoms with Crippen molar-refractivity contribution in [1.82, 2.24) is 9.80 Å². The molecule has 1 atom stereocenters. The second kappa shape index (κ2) is 6.58. The highest BCUT2D eigenvalue weighted by molar-refractivity contribution is 5.78. The molecule has 1 aliphatic rings. The molecular formula is C14H21N3O3. The van der Waals surface area contributed by atoms with Gasteiger partial charge in [0.2, 0.25) is 5.91 Å². The number of β-amino-alcohol motifs (C(OH)–C–C–N with tert-alkyl or cyclic N) is 1. The summed E-state index contributed by atoms with van der Waals surface area (Å²) in [5.41, 5.74) is 6.31. The van der Waals surface area contributed by atoms with Crippen molar-refractivity contribution >= 4 is 11.6 Å². The number of para-hydroxylation sites is 2. The third kappa shape index (κ3) is 3.85. The van der Waals surface area contributed by atoms with Crippen LogP contribution in [0.3, 0.4) is 0 Å². The van der Waals surface area contributed by atoms with Crippen LogP contribution in [0.4, 0.5) is 5.69 Å². The van der Waals surface area contributed by atoms with E-state index in [1.54, 1.807) is 24.1 Å². The van der Waals surface area contributed by atoms with E-state index in [1.165, 1.54) is 0 Å². The number of amides is 1. The number of nitrogens with two attached hydrogens (primary N) is 1. The van der Waals surface area contributed by atoms with E-state index in [0.29, 0.717) is 31.1 Å². The van der Waals surface area contributed by atoms with Crippen molar-refractivity contribution in [3.63, 3.8) is 0 Å². The number of hydrogen-bond acceptors (Lipinski definition) is 5. The second-order valence-electron chi connectivity index (χ2n) is 5.05. The molecule has 110 valence electrons. The first kappa shape index (κ1) is 14.6. The smallest absolute Gasteiger partial charge is 0.236 e. The van der Waals surface area contributed by atoms with Gasteiger partial charge in [-0.3, -0.25) is 9.69 Å². The summed E-state index contributed by atoms with van der Waals surface area (Å²) in [7, 11) is 1.79. The zero-order chi connectivity index (χ0) is 14.5. The van der Waals surface area contributed by atoms with Crippen LogP contribution in [-0.2, 0) is 4.79 Å². The van der Waals surface area contributed by atoms with Gasteiger partial charge in [-0.15, -0.1) is 0 Å². The molecule has 0 bridgehead atoms. The predicted octanol–water partition coefficient (Wildman–Crippen LogP) is -0.218. The van der Waals surface area contributed by atoms with Crippen molar-refractivity contribution in [1.29, 1.82) is 0 Å². The lowest BCUT2D eigenvalue weighted by molar-refractivity contribution is -0.135. The number of rotatable bonds is 5. The quantitative estimate of drug-likeness (QED) is 0.729. The second-order valence-corrected chi connectivity index (χ2v) is 5.05. The van der Waals surface area contributed by atoms with E-state index in [-0.39, 0.29) is 12.5 Å². The van der Waals surface area contributed by atoms with Gasteiger partial charge in [-0.25, -0.2) is 0 Å².